The number of esters is 2. The summed E-state index contributed by atoms with van der Waals surface area (Å²) < 4.78 is 10.3. The van der Waals surface area contributed by atoms with Gasteiger partial charge in [-0.15, -0.1) is 0 Å². The van der Waals surface area contributed by atoms with E-state index in [-0.39, 0.29) is 68.2 Å². The van der Waals surface area contributed by atoms with Crippen molar-refractivity contribution in [2.24, 2.45) is 22.7 Å². The van der Waals surface area contributed by atoms with Crippen LogP contribution in [-0.2, 0) is 28.7 Å². The maximum Gasteiger partial charge on any atom is 0.317 e. The lowest BCUT2D eigenvalue weighted by molar-refractivity contribution is -0.154. The lowest BCUT2D eigenvalue weighted by Gasteiger charge is -2.30. The molecule has 0 unspecified atom stereocenters. The van der Waals surface area contributed by atoms with Crippen LogP contribution in [0.5, 0.6) is 0 Å². The van der Waals surface area contributed by atoms with E-state index in [1.54, 1.807) is 4.90 Å². The molecule has 0 aromatic rings. The van der Waals surface area contributed by atoms with E-state index in [1.165, 1.54) is 0 Å². The Hall–Kier alpha value is -3.58. The molecule has 1 aliphatic carbocycles. The predicted octanol–water partition coefficient (Wildman–Crippen LogP) is 3.38. The zero-order chi connectivity index (χ0) is 34.2. The van der Waals surface area contributed by atoms with Crippen molar-refractivity contribution >= 4 is 35.9 Å². The summed E-state index contributed by atoms with van der Waals surface area (Å²) >= 11 is 0. The summed E-state index contributed by atoms with van der Waals surface area (Å²) in [6.07, 6.45) is 4.85. The molecule has 0 aromatic carbocycles. The van der Waals surface area contributed by atoms with E-state index in [1.807, 2.05) is 41.5 Å². The zero-order valence-electron chi connectivity index (χ0n) is 27.7. The van der Waals surface area contributed by atoms with Gasteiger partial charge in [-0.25, -0.2) is 9.59 Å². The second-order valence-corrected chi connectivity index (χ2v) is 12.9. The van der Waals surface area contributed by atoms with Gasteiger partial charge in [-0.05, 0) is 79.1 Å². The van der Waals surface area contributed by atoms with Gasteiger partial charge in [0.2, 0.25) is 0 Å². The maximum absolute atomic E-state index is 11.9. The minimum absolute atomic E-state index is 0.00664. The Morgan fingerprint density at radius 2 is 1.11 bits per heavy atom. The number of likely N-dealkylation sites (tertiary alicyclic amines) is 1. The number of carboxylic acid groups (broad SMARTS) is 2. The highest BCUT2D eigenvalue weighted by Gasteiger charge is 2.29. The summed E-state index contributed by atoms with van der Waals surface area (Å²) in [7, 11) is 0. The van der Waals surface area contributed by atoms with Crippen LogP contribution in [0.3, 0.4) is 0 Å². The number of carbonyl (C=O) groups is 6. The van der Waals surface area contributed by atoms with Crippen LogP contribution in [-0.4, -0.2) is 96.5 Å². The number of carbonyl (C=O) groups excluding carboxylic acids is 4. The molecule has 0 bridgehead atoms. The van der Waals surface area contributed by atoms with Gasteiger partial charge >= 0.3 is 35.9 Å². The molecule has 1 heterocycles. The number of urea groups is 2. The highest BCUT2D eigenvalue weighted by Crippen LogP contribution is 2.25. The molecule has 1 saturated heterocycles. The Morgan fingerprint density at radius 3 is 1.53 bits per heavy atom. The van der Waals surface area contributed by atoms with Gasteiger partial charge in [-0.1, -0.05) is 13.8 Å². The highest BCUT2D eigenvalue weighted by molar-refractivity contribution is 5.77. The number of aliphatic carboxylic acids is 2. The van der Waals surface area contributed by atoms with Crippen LogP contribution >= 0.6 is 0 Å². The first kappa shape index (κ1) is 39.4. The van der Waals surface area contributed by atoms with E-state index in [0.29, 0.717) is 64.5 Å². The summed E-state index contributed by atoms with van der Waals surface area (Å²) in [6, 6.07) is -0.545. The number of carboxylic acids is 2. The van der Waals surface area contributed by atoms with Crippen LogP contribution in [0.2, 0.25) is 0 Å². The SMILES string of the molecule is CCC(C)(C)C(=O)OCCNC(=O)N1CCC(C(=O)O)CC1.CCC(C)(C)C(=O)OCCNC(=O)NC1CCC(C(=O)O)CC1. The smallest absolute Gasteiger partial charge is 0.317 e. The van der Waals surface area contributed by atoms with Gasteiger partial charge in [0.05, 0.1) is 35.8 Å². The van der Waals surface area contributed by atoms with Gasteiger partial charge in [0.25, 0.3) is 0 Å². The van der Waals surface area contributed by atoms with E-state index in [2.05, 4.69) is 16.0 Å². The summed E-state index contributed by atoms with van der Waals surface area (Å²) in [5.41, 5.74) is -1.02. The Balaban J connectivity index is 0.000000450. The summed E-state index contributed by atoms with van der Waals surface area (Å²) in [5.74, 6) is -2.75. The molecule has 0 radical (unpaired) electrons. The molecule has 0 atom stereocenters. The molecule has 1 aliphatic heterocycles. The second kappa shape index (κ2) is 19.1. The number of hydrogen-bond donors (Lipinski definition) is 5. The molecule has 14 heteroatoms. The number of piperidine rings is 1. The van der Waals surface area contributed by atoms with Crippen LogP contribution in [0.15, 0.2) is 0 Å². The Bertz CT molecular complexity index is 1000. The lowest BCUT2D eigenvalue weighted by atomic mass is 9.86. The van der Waals surface area contributed by atoms with Crippen molar-refractivity contribution in [3.63, 3.8) is 0 Å². The fraction of sp³-hybridized carbons (Fsp3) is 0.806. The van der Waals surface area contributed by atoms with E-state index < -0.39 is 22.8 Å². The Labute approximate surface area is 266 Å². The maximum atomic E-state index is 11.9. The first-order valence-corrected chi connectivity index (χ1v) is 15.9. The minimum atomic E-state index is -0.800. The van der Waals surface area contributed by atoms with Crippen LogP contribution in [0.25, 0.3) is 0 Å². The standard InChI is InChI=1S/C16H28N2O5.C15H26N2O5/c1-4-16(2,3)14(21)23-10-9-17-15(22)18-12-7-5-11(6-8-12)13(19)20;1-4-15(2,3)13(20)22-10-7-16-14(21)17-8-5-11(6-9-17)12(18)19/h11-12H,4-10H2,1-3H3,(H,19,20)(H2,17,18,22);11H,4-10H2,1-3H3,(H,16,21)(H,18,19). The predicted molar refractivity (Wildman–Crippen MR) is 165 cm³/mol. The van der Waals surface area contributed by atoms with Crippen molar-refractivity contribution in [2.75, 3.05) is 39.4 Å². The number of hydrogen-bond acceptors (Lipinski definition) is 8. The number of nitrogens with zero attached hydrogens (tertiary/aromatic N) is 1. The molecule has 0 spiro atoms. The third-order valence-corrected chi connectivity index (χ3v) is 8.65. The molecule has 0 aromatic heterocycles. The average molecular weight is 643 g/mol. The second-order valence-electron chi connectivity index (χ2n) is 12.9. The summed E-state index contributed by atoms with van der Waals surface area (Å²) in [6.45, 7) is 12.8. The Kier molecular flexibility index (Phi) is 16.7. The van der Waals surface area contributed by atoms with Crippen molar-refractivity contribution in [1.82, 2.24) is 20.9 Å². The number of nitrogens with one attached hydrogen (secondary N) is 3. The van der Waals surface area contributed by atoms with Gasteiger partial charge in [-0.3, -0.25) is 19.2 Å². The first-order valence-electron chi connectivity index (χ1n) is 15.9. The molecular weight excluding hydrogens is 588 g/mol. The molecule has 2 rings (SSSR count). The van der Waals surface area contributed by atoms with E-state index in [4.69, 9.17) is 19.7 Å². The molecule has 2 fully saturated rings. The zero-order valence-corrected chi connectivity index (χ0v) is 27.7. The monoisotopic (exact) mass is 642 g/mol. The van der Waals surface area contributed by atoms with Gasteiger partial charge in [0, 0.05) is 19.1 Å². The summed E-state index contributed by atoms with van der Waals surface area (Å²) in [5, 5.41) is 26.0. The average Bonchev–Trinajstić information content (AvgIpc) is 3.01. The molecular formula is C31H54N4O10. The van der Waals surface area contributed by atoms with E-state index in [9.17, 15) is 28.8 Å². The van der Waals surface area contributed by atoms with Gasteiger partial charge in [0.1, 0.15) is 13.2 Å². The van der Waals surface area contributed by atoms with Crippen molar-refractivity contribution in [3.8, 4) is 0 Å². The topological polar surface area (TPSA) is 201 Å². The molecule has 5 N–H and O–H groups in total. The minimum Gasteiger partial charge on any atom is -0.481 e. The molecule has 258 valence electrons. The van der Waals surface area contributed by atoms with E-state index in [0.717, 1.165) is 0 Å². The number of ether oxygens (including phenoxy) is 2. The third-order valence-electron chi connectivity index (χ3n) is 8.65. The largest absolute Gasteiger partial charge is 0.481 e. The number of rotatable bonds is 13. The highest BCUT2D eigenvalue weighted by atomic mass is 16.5. The molecule has 14 nitrogen and oxygen atoms in total. The van der Waals surface area contributed by atoms with Crippen LogP contribution in [0.1, 0.15) is 92.9 Å². The fourth-order valence-electron chi connectivity index (χ4n) is 4.45. The molecule has 4 amide bonds. The third kappa shape index (κ3) is 14.4. The van der Waals surface area contributed by atoms with Crippen molar-refractivity contribution in [3.05, 3.63) is 0 Å². The molecule has 2 aliphatic rings. The lowest BCUT2D eigenvalue weighted by Crippen LogP contribution is -2.46. The van der Waals surface area contributed by atoms with Crippen molar-refractivity contribution < 1.29 is 48.5 Å². The molecule has 45 heavy (non-hydrogen) atoms. The van der Waals surface area contributed by atoms with Crippen molar-refractivity contribution in [2.45, 2.75) is 99.0 Å². The first-order chi connectivity index (χ1) is 21.0. The fourth-order valence-corrected chi connectivity index (χ4v) is 4.45. The van der Waals surface area contributed by atoms with Gasteiger partial charge in [0.15, 0.2) is 0 Å². The quantitative estimate of drug-likeness (QED) is 0.146. The number of amides is 4. The normalized spacial score (nSPS) is 18.8. The van der Waals surface area contributed by atoms with Crippen LogP contribution in [0, 0.1) is 22.7 Å². The van der Waals surface area contributed by atoms with Gasteiger partial charge in [-0.2, -0.15) is 0 Å². The Morgan fingerprint density at radius 1 is 0.689 bits per heavy atom. The van der Waals surface area contributed by atoms with Crippen LogP contribution < -0.4 is 16.0 Å². The van der Waals surface area contributed by atoms with E-state index >= 15 is 0 Å². The van der Waals surface area contributed by atoms with Gasteiger partial charge < -0.3 is 40.5 Å². The molecule has 1 saturated carbocycles. The van der Waals surface area contributed by atoms with Crippen molar-refractivity contribution in [1.29, 1.82) is 0 Å². The summed E-state index contributed by atoms with van der Waals surface area (Å²) in [4.78, 5) is 70.4. The van der Waals surface area contributed by atoms with Crippen LogP contribution in [0.4, 0.5) is 9.59 Å².